The number of alkyl halides is 2. The van der Waals surface area contributed by atoms with Gasteiger partial charge in [-0.3, -0.25) is 0 Å². The molecule has 0 unspecified atom stereocenters. The van der Waals surface area contributed by atoms with Crippen molar-refractivity contribution in [2.75, 3.05) is 5.32 Å². The monoisotopic (exact) mass is 278 g/mol. The van der Waals surface area contributed by atoms with Crippen LogP contribution >= 0.6 is 0 Å². The van der Waals surface area contributed by atoms with E-state index in [2.05, 4.69) is 15.6 Å². The van der Waals surface area contributed by atoms with Crippen molar-refractivity contribution in [1.82, 2.24) is 15.0 Å². The maximum Gasteiger partial charge on any atom is 0.241 e. The molecule has 0 saturated heterocycles. The van der Waals surface area contributed by atoms with Gasteiger partial charge in [0.25, 0.3) is 0 Å². The number of aromatic nitrogens is 3. The molecule has 6 heteroatoms. The van der Waals surface area contributed by atoms with Crippen molar-refractivity contribution in [1.29, 1.82) is 0 Å². The van der Waals surface area contributed by atoms with Crippen molar-refractivity contribution < 1.29 is 8.78 Å². The lowest BCUT2D eigenvalue weighted by Gasteiger charge is -2.35. The number of halogens is 2. The summed E-state index contributed by atoms with van der Waals surface area (Å²) in [5, 5.41) is 11.1. The number of hydrogen-bond acceptors (Lipinski definition) is 3. The summed E-state index contributed by atoms with van der Waals surface area (Å²) in [6, 6.07) is 7.91. The molecular weight excluding hydrogens is 262 g/mol. The van der Waals surface area contributed by atoms with Gasteiger partial charge in [-0.1, -0.05) is 5.21 Å². The molecule has 1 aromatic carbocycles. The topological polar surface area (TPSA) is 42.7 Å². The second-order valence-electron chi connectivity index (χ2n) is 5.24. The van der Waals surface area contributed by atoms with Crippen LogP contribution < -0.4 is 5.32 Å². The number of nitrogens with zero attached hydrogens (tertiary/aromatic N) is 3. The summed E-state index contributed by atoms with van der Waals surface area (Å²) in [5.74, 6) is -0.440. The summed E-state index contributed by atoms with van der Waals surface area (Å²) in [7, 11) is 0. The summed E-state index contributed by atoms with van der Waals surface area (Å²) in [6.07, 6.45) is 0.597. The molecule has 0 atom stereocenters. The third kappa shape index (κ3) is 2.50. The minimum Gasteiger partial charge on any atom is -0.382 e. The number of nitrogens with one attached hydrogen (secondary N) is 1. The average molecular weight is 278 g/mol. The zero-order valence-electron chi connectivity index (χ0n) is 11.1. The van der Waals surface area contributed by atoms with Crippen LogP contribution in [0.1, 0.15) is 18.5 Å². The first kappa shape index (κ1) is 13.0. The smallest absolute Gasteiger partial charge is 0.241 e. The first-order valence-electron chi connectivity index (χ1n) is 6.66. The van der Waals surface area contributed by atoms with Crippen molar-refractivity contribution in [2.45, 2.75) is 32.2 Å². The Hall–Kier alpha value is -1.98. The summed E-state index contributed by atoms with van der Waals surface area (Å²) in [5.41, 5.74) is 2.85. The molecule has 4 nitrogen and oxygen atoms in total. The highest BCUT2D eigenvalue weighted by atomic mass is 19.3. The van der Waals surface area contributed by atoms with Gasteiger partial charge in [0.15, 0.2) is 0 Å². The first-order valence-corrected chi connectivity index (χ1v) is 6.66. The van der Waals surface area contributed by atoms with Crippen LogP contribution in [0.3, 0.4) is 0 Å². The van der Waals surface area contributed by atoms with Gasteiger partial charge in [0, 0.05) is 17.6 Å². The largest absolute Gasteiger partial charge is 0.382 e. The molecule has 1 saturated carbocycles. The molecule has 20 heavy (non-hydrogen) atoms. The minimum absolute atomic E-state index is 0.160. The van der Waals surface area contributed by atoms with Gasteiger partial charge >= 0.3 is 0 Å². The third-order valence-electron chi connectivity index (χ3n) is 3.73. The number of benzene rings is 1. The number of anilines is 1. The van der Waals surface area contributed by atoms with Gasteiger partial charge in [-0.25, -0.2) is 13.5 Å². The SMILES string of the molecule is Cc1cnnn1-c1ccc(NC2CC(C(F)F)C2)cc1. The molecule has 3 rings (SSSR count). The lowest BCUT2D eigenvalue weighted by atomic mass is 9.80. The highest BCUT2D eigenvalue weighted by molar-refractivity contribution is 5.49. The molecule has 0 amide bonds. The molecule has 0 bridgehead atoms. The molecule has 1 aromatic heterocycles. The highest BCUT2D eigenvalue weighted by Crippen LogP contribution is 2.34. The number of hydrogen-bond donors (Lipinski definition) is 1. The van der Waals surface area contributed by atoms with E-state index in [0.717, 1.165) is 17.1 Å². The molecule has 0 aliphatic heterocycles. The normalized spacial score (nSPS) is 21.8. The molecule has 2 aromatic rings. The predicted molar refractivity (Wildman–Crippen MR) is 72.2 cm³/mol. The van der Waals surface area contributed by atoms with Crippen molar-refractivity contribution in [3.63, 3.8) is 0 Å². The van der Waals surface area contributed by atoms with Crippen LogP contribution in [0.15, 0.2) is 30.5 Å². The maximum absolute atomic E-state index is 12.4. The Balaban J connectivity index is 1.62. The number of aryl methyl sites for hydroxylation is 1. The van der Waals surface area contributed by atoms with Crippen molar-refractivity contribution in [3.05, 3.63) is 36.2 Å². The molecule has 1 N–H and O–H groups in total. The van der Waals surface area contributed by atoms with E-state index in [0.29, 0.717) is 12.8 Å². The van der Waals surface area contributed by atoms with E-state index in [1.54, 1.807) is 10.9 Å². The van der Waals surface area contributed by atoms with Gasteiger partial charge in [-0.15, -0.1) is 5.10 Å². The van der Waals surface area contributed by atoms with E-state index in [1.165, 1.54) is 0 Å². The average Bonchev–Trinajstić information content (AvgIpc) is 2.80. The van der Waals surface area contributed by atoms with E-state index in [9.17, 15) is 8.78 Å². The predicted octanol–water partition coefficient (Wildman–Crippen LogP) is 3.03. The second-order valence-corrected chi connectivity index (χ2v) is 5.24. The Morgan fingerprint density at radius 2 is 1.95 bits per heavy atom. The lowest BCUT2D eigenvalue weighted by molar-refractivity contribution is 0.0281. The van der Waals surface area contributed by atoms with E-state index in [-0.39, 0.29) is 6.04 Å². The lowest BCUT2D eigenvalue weighted by Crippen LogP contribution is -2.38. The zero-order chi connectivity index (χ0) is 14.1. The zero-order valence-corrected chi connectivity index (χ0v) is 11.1. The highest BCUT2D eigenvalue weighted by Gasteiger charge is 2.35. The Bertz CT molecular complexity index is 573. The van der Waals surface area contributed by atoms with E-state index in [1.807, 2.05) is 31.2 Å². The van der Waals surface area contributed by atoms with Crippen molar-refractivity contribution in [2.24, 2.45) is 5.92 Å². The summed E-state index contributed by atoms with van der Waals surface area (Å²) < 4.78 is 26.5. The van der Waals surface area contributed by atoms with E-state index in [4.69, 9.17) is 0 Å². The van der Waals surface area contributed by atoms with Crippen molar-refractivity contribution in [3.8, 4) is 5.69 Å². The molecular formula is C14H16F2N4. The Labute approximate surface area is 115 Å². The van der Waals surface area contributed by atoms with Gasteiger partial charge in [0.05, 0.1) is 17.6 Å². The third-order valence-corrected chi connectivity index (χ3v) is 3.73. The first-order chi connectivity index (χ1) is 9.63. The molecule has 1 fully saturated rings. The van der Waals surface area contributed by atoms with Crippen LogP contribution in [0.4, 0.5) is 14.5 Å². The molecule has 1 aliphatic rings. The maximum atomic E-state index is 12.4. The second kappa shape index (κ2) is 5.19. The molecule has 1 heterocycles. The molecule has 0 radical (unpaired) electrons. The van der Waals surface area contributed by atoms with Gasteiger partial charge < -0.3 is 5.32 Å². The summed E-state index contributed by atoms with van der Waals surface area (Å²) >= 11 is 0. The van der Waals surface area contributed by atoms with Crippen LogP contribution in [0.5, 0.6) is 0 Å². The van der Waals surface area contributed by atoms with Crippen LogP contribution in [0, 0.1) is 12.8 Å². The molecule has 1 aliphatic carbocycles. The fraction of sp³-hybridized carbons (Fsp3) is 0.429. The van der Waals surface area contributed by atoms with Crippen LogP contribution in [0.2, 0.25) is 0 Å². The van der Waals surface area contributed by atoms with Gasteiger partial charge in [-0.05, 0) is 44.0 Å². The van der Waals surface area contributed by atoms with E-state index < -0.39 is 12.3 Å². The standard InChI is InChI=1S/C14H16F2N4/c1-9-8-17-19-20(9)13-4-2-11(3-5-13)18-12-6-10(7-12)14(15)16/h2-5,8,10,12,14,18H,6-7H2,1H3. The van der Waals surface area contributed by atoms with Gasteiger partial charge in [-0.2, -0.15) is 0 Å². The molecule has 106 valence electrons. The quantitative estimate of drug-likeness (QED) is 0.934. The Kier molecular flexibility index (Phi) is 3.38. The minimum atomic E-state index is -2.19. The van der Waals surface area contributed by atoms with Crippen LogP contribution in [0.25, 0.3) is 5.69 Å². The fourth-order valence-electron chi connectivity index (χ4n) is 2.46. The van der Waals surface area contributed by atoms with Gasteiger partial charge in [0.1, 0.15) is 0 Å². The van der Waals surface area contributed by atoms with Gasteiger partial charge in [0.2, 0.25) is 6.43 Å². The summed E-state index contributed by atoms with van der Waals surface area (Å²) in [4.78, 5) is 0. The van der Waals surface area contributed by atoms with Crippen LogP contribution in [-0.4, -0.2) is 27.5 Å². The van der Waals surface area contributed by atoms with E-state index >= 15 is 0 Å². The fourth-order valence-corrected chi connectivity index (χ4v) is 2.46. The van der Waals surface area contributed by atoms with Crippen LogP contribution in [-0.2, 0) is 0 Å². The van der Waals surface area contributed by atoms with Crippen molar-refractivity contribution >= 4 is 5.69 Å². The Morgan fingerprint density at radius 1 is 1.25 bits per heavy atom. The Morgan fingerprint density at radius 3 is 2.50 bits per heavy atom. The number of rotatable bonds is 4. The summed E-state index contributed by atoms with van der Waals surface area (Å²) in [6.45, 7) is 1.94. The molecule has 0 spiro atoms.